The number of hydrogen-bond donors (Lipinski definition) is 3. The molecule has 1 amide bonds. The predicted octanol–water partition coefficient (Wildman–Crippen LogP) is 3.14. The lowest BCUT2D eigenvalue weighted by Gasteiger charge is -2.16. The summed E-state index contributed by atoms with van der Waals surface area (Å²) in [6, 6.07) is 2.09. The van der Waals surface area contributed by atoms with E-state index in [2.05, 4.69) is 35.9 Å². The van der Waals surface area contributed by atoms with Gasteiger partial charge in [-0.1, -0.05) is 6.92 Å². The number of methoxy groups -OCH3 is 1. The second-order valence-corrected chi connectivity index (χ2v) is 8.25. The first-order valence-corrected chi connectivity index (χ1v) is 10.9. The number of anilines is 2. The SMILES string of the molecule is CCC(C)NC(=O)O[C@@H]1CC[C@H](c2cc(Nc3ncnc4c(COC)nn(C)c34)n[nH]2)C1. The van der Waals surface area contributed by atoms with Gasteiger partial charge in [-0.05, 0) is 32.6 Å². The van der Waals surface area contributed by atoms with Crippen LogP contribution in [0.1, 0.15) is 56.8 Å². The smallest absolute Gasteiger partial charge is 0.407 e. The second-order valence-electron chi connectivity index (χ2n) is 8.25. The van der Waals surface area contributed by atoms with Gasteiger partial charge in [0.25, 0.3) is 0 Å². The van der Waals surface area contributed by atoms with E-state index in [1.165, 1.54) is 6.33 Å². The van der Waals surface area contributed by atoms with Gasteiger partial charge in [-0.3, -0.25) is 9.78 Å². The highest BCUT2D eigenvalue weighted by atomic mass is 16.6. The Balaban J connectivity index is 1.41. The normalized spacial score (nSPS) is 19.2. The van der Waals surface area contributed by atoms with E-state index in [0.29, 0.717) is 18.2 Å². The number of alkyl carbamates (subject to hydrolysis) is 1. The lowest BCUT2D eigenvalue weighted by Crippen LogP contribution is -2.34. The Morgan fingerprint density at radius 2 is 2.22 bits per heavy atom. The Morgan fingerprint density at radius 1 is 1.38 bits per heavy atom. The Morgan fingerprint density at radius 3 is 3.00 bits per heavy atom. The highest BCUT2D eigenvalue weighted by molar-refractivity contribution is 5.88. The molecule has 1 saturated carbocycles. The first-order chi connectivity index (χ1) is 15.5. The fourth-order valence-electron chi connectivity index (χ4n) is 4.05. The lowest BCUT2D eigenvalue weighted by atomic mass is 10.0. The summed E-state index contributed by atoms with van der Waals surface area (Å²) in [6.07, 6.45) is 4.50. The molecule has 1 aliphatic carbocycles. The van der Waals surface area contributed by atoms with Crippen LogP contribution in [0, 0.1) is 0 Å². The molecule has 0 spiro atoms. The molecule has 0 radical (unpaired) electrons. The van der Waals surface area contributed by atoms with E-state index in [9.17, 15) is 4.79 Å². The zero-order valence-electron chi connectivity index (χ0n) is 18.9. The minimum atomic E-state index is -0.339. The lowest BCUT2D eigenvalue weighted by molar-refractivity contribution is 0.0974. The molecule has 32 heavy (non-hydrogen) atoms. The van der Waals surface area contributed by atoms with Crippen molar-refractivity contribution in [3.05, 3.63) is 23.8 Å². The number of aryl methyl sites for hydroxylation is 1. The third kappa shape index (κ3) is 4.67. The van der Waals surface area contributed by atoms with Gasteiger partial charge < -0.3 is 20.1 Å². The van der Waals surface area contributed by atoms with Gasteiger partial charge in [0.1, 0.15) is 29.2 Å². The third-order valence-corrected chi connectivity index (χ3v) is 5.89. The number of nitrogens with one attached hydrogen (secondary N) is 3. The minimum Gasteiger partial charge on any atom is -0.446 e. The van der Waals surface area contributed by atoms with Crippen LogP contribution in [-0.2, 0) is 23.1 Å². The van der Waals surface area contributed by atoms with Gasteiger partial charge in [0, 0.05) is 37.9 Å². The summed E-state index contributed by atoms with van der Waals surface area (Å²) in [6.45, 7) is 4.37. The number of aromatic nitrogens is 6. The number of carbonyl (C=O) groups excluding carboxylic acids is 1. The molecule has 0 aliphatic heterocycles. The van der Waals surface area contributed by atoms with Crippen LogP contribution in [0.3, 0.4) is 0 Å². The van der Waals surface area contributed by atoms with Gasteiger partial charge in [0.05, 0.1) is 6.61 Å². The molecule has 3 N–H and O–H groups in total. The molecule has 4 rings (SSSR count). The largest absolute Gasteiger partial charge is 0.446 e. The van der Waals surface area contributed by atoms with Crippen LogP contribution in [0.4, 0.5) is 16.4 Å². The van der Waals surface area contributed by atoms with Crippen LogP contribution < -0.4 is 10.6 Å². The van der Waals surface area contributed by atoms with Crippen LogP contribution in [0.2, 0.25) is 0 Å². The Labute approximate surface area is 186 Å². The molecule has 0 aromatic carbocycles. The molecule has 11 heteroatoms. The van der Waals surface area contributed by atoms with E-state index >= 15 is 0 Å². The highest BCUT2D eigenvalue weighted by Crippen LogP contribution is 2.36. The number of ether oxygens (including phenoxy) is 2. The molecule has 1 fully saturated rings. The van der Waals surface area contributed by atoms with Gasteiger partial charge in [-0.25, -0.2) is 14.8 Å². The maximum absolute atomic E-state index is 12.0. The monoisotopic (exact) mass is 442 g/mol. The van der Waals surface area contributed by atoms with Crippen LogP contribution in [-0.4, -0.2) is 55.3 Å². The predicted molar refractivity (Wildman–Crippen MR) is 119 cm³/mol. The van der Waals surface area contributed by atoms with Gasteiger partial charge in [0.15, 0.2) is 11.6 Å². The van der Waals surface area contributed by atoms with Crippen molar-refractivity contribution in [2.75, 3.05) is 12.4 Å². The molecule has 11 nitrogen and oxygen atoms in total. The summed E-state index contributed by atoms with van der Waals surface area (Å²) < 4.78 is 12.5. The van der Waals surface area contributed by atoms with Crippen LogP contribution >= 0.6 is 0 Å². The highest BCUT2D eigenvalue weighted by Gasteiger charge is 2.30. The summed E-state index contributed by atoms with van der Waals surface area (Å²) in [7, 11) is 3.48. The minimum absolute atomic E-state index is 0.0843. The van der Waals surface area contributed by atoms with Gasteiger partial charge in [-0.15, -0.1) is 0 Å². The average molecular weight is 443 g/mol. The van der Waals surface area contributed by atoms with Crippen molar-refractivity contribution in [3.8, 4) is 0 Å². The Hall–Kier alpha value is -3.21. The Bertz CT molecular complexity index is 1080. The van der Waals surface area contributed by atoms with Crippen molar-refractivity contribution in [1.82, 2.24) is 35.3 Å². The number of hydrogen-bond acceptors (Lipinski definition) is 8. The number of H-pyrrole nitrogens is 1. The third-order valence-electron chi connectivity index (χ3n) is 5.89. The molecule has 3 atom stereocenters. The zero-order valence-corrected chi connectivity index (χ0v) is 18.9. The van der Waals surface area contributed by atoms with Gasteiger partial charge in [0.2, 0.25) is 0 Å². The summed E-state index contributed by atoms with van der Waals surface area (Å²) >= 11 is 0. The van der Waals surface area contributed by atoms with Crippen LogP contribution in [0.25, 0.3) is 11.0 Å². The fourth-order valence-corrected chi connectivity index (χ4v) is 4.05. The molecule has 0 saturated heterocycles. The van der Waals surface area contributed by atoms with Gasteiger partial charge >= 0.3 is 6.09 Å². The standard InChI is InChI=1S/C21H30N8O3/c1-5-12(2)24-21(30)32-14-7-6-13(8-14)15-9-17(27-26-15)25-20-19-18(22-11-23-20)16(10-31-4)28-29(19)3/h9,11-14H,5-8,10H2,1-4H3,(H,24,30)(H2,22,23,25,26,27)/t12?,13-,14+/m0/s1. The van der Waals surface area contributed by atoms with Crippen molar-refractivity contribution >= 4 is 28.8 Å². The first kappa shape index (κ1) is 22.0. The maximum Gasteiger partial charge on any atom is 0.407 e. The van der Waals surface area contributed by atoms with Crippen LogP contribution in [0.15, 0.2) is 12.4 Å². The molecule has 3 aromatic rings. The molecule has 3 aromatic heterocycles. The number of nitrogens with zero attached hydrogens (tertiary/aromatic N) is 5. The first-order valence-electron chi connectivity index (χ1n) is 10.9. The molecular weight excluding hydrogens is 412 g/mol. The van der Waals surface area contributed by atoms with Crippen molar-refractivity contribution < 1.29 is 14.3 Å². The zero-order chi connectivity index (χ0) is 22.7. The van der Waals surface area contributed by atoms with Crippen molar-refractivity contribution in [2.24, 2.45) is 7.05 Å². The van der Waals surface area contributed by atoms with E-state index in [0.717, 1.165) is 48.1 Å². The number of fused-ring (bicyclic) bond motifs is 1. The quantitative estimate of drug-likeness (QED) is 0.485. The molecule has 172 valence electrons. The van der Waals surface area contributed by atoms with Gasteiger partial charge in [-0.2, -0.15) is 10.2 Å². The average Bonchev–Trinajstić information content (AvgIpc) is 3.48. The summed E-state index contributed by atoms with van der Waals surface area (Å²) in [5, 5.41) is 18.1. The van der Waals surface area contributed by atoms with E-state index in [1.807, 2.05) is 27.0 Å². The molecule has 1 aliphatic rings. The van der Waals surface area contributed by atoms with Crippen molar-refractivity contribution in [2.45, 2.75) is 64.2 Å². The van der Waals surface area contributed by atoms with E-state index in [1.54, 1.807) is 11.8 Å². The molecule has 0 bridgehead atoms. The van der Waals surface area contributed by atoms with Crippen molar-refractivity contribution in [1.29, 1.82) is 0 Å². The molecule has 3 heterocycles. The molecule has 1 unspecified atom stereocenters. The number of rotatable bonds is 8. The molecular formula is C21H30N8O3. The summed E-state index contributed by atoms with van der Waals surface area (Å²) in [5.41, 5.74) is 3.30. The second kappa shape index (κ2) is 9.51. The number of carbonyl (C=O) groups is 1. The summed E-state index contributed by atoms with van der Waals surface area (Å²) in [5.74, 6) is 1.54. The maximum atomic E-state index is 12.0. The van der Waals surface area contributed by atoms with E-state index in [4.69, 9.17) is 9.47 Å². The topological polar surface area (TPSA) is 132 Å². The van der Waals surface area contributed by atoms with E-state index < -0.39 is 0 Å². The fraction of sp³-hybridized carbons (Fsp3) is 0.571. The number of aromatic amines is 1. The van der Waals surface area contributed by atoms with Crippen molar-refractivity contribution in [3.63, 3.8) is 0 Å². The Kier molecular flexibility index (Phi) is 6.54. The number of amides is 1. The summed E-state index contributed by atoms with van der Waals surface area (Å²) in [4.78, 5) is 20.7. The van der Waals surface area contributed by atoms with Crippen LogP contribution in [0.5, 0.6) is 0 Å². The van der Waals surface area contributed by atoms with E-state index in [-0.39, 0.29) is 24.2 Å².